The summed E-state index contributed by atoms with van der Waals surface area (Å²) in [5, 5.41) is 15.3. The van der Waals surface area contributed by atoms with E-state index >= 15 is 0 Å². The van der Waals surface area contributed by atoms with Crippen LogP contribution < -0.4 is 16.4 Å². The van der Waals surface area contributed by atoms with Crippen LogP contribution in [-0.2, 0) is 9.47 Å². The highest BCUT2D eigenvalue weighted by molar-refractivity contribution is 5.98. The van der Waals surface area contributed by atoms with Gasteiger partial charge in [0.15, 0.2) is 0 Å². The number of aliphatic imine (C=N–C) groups is 1. The molecular formula is C17H28N4O4. The van der Waals surface area contributed by atoms with Gasteiger partial charge in [-0.1, -0.05) is 0 Å². The van der Waals surface area contributed by atoms with Gasteiger partial charge < -0.3 is 30.9 Å². The molecule has 5 N–H and O–H groups in total. The summed E-state index contributed by atoms with van der Waals surface area (Å²) in [5.74, 6) is 0.458. The van der Waals surface area contributed by atoms with Crippen LogP contribution in [0.3, 0.4) is 0 Å². The number of aliphatic hydroxyl groups excluding tert-OH is 1. The van der Waals surface area contributed by atoms with Gasteiger partial charge in [0.2, 0.25) is 6.41 Å². The van der Waals surface area contributed by atoms with Crippen LogP contribution in [0.15, 0.2) is 29.3 Å². The van der Waals surface area contributed by atoms with Crippen molar-refractivity contribution in [1.82, 2.24) is 10.6 Å². The third-order valence-corrected chi connectivity index (χ3v) is 2.96. The van der Waals surface area contributed by atoms with Gasteiger partial charge >= 0.3 is 6.09 Å². The number of alkyl carbamates (subject to hydrolysis) is 1. The number of carbonyl (C=O) groups is 1. The Kier molecular flexibility index (Phi) is 7.66. The van der Waals surface area contributed by atoms with Crippen molar-refractivity contribution in [2.45, 2.75) is 45.8 Å². The first-order chi connectivity index (χ1) is 11.6. The lowest BCUT2D eigenvalue weighted by Gasteiger charge is -2.23. The first kappa shape index (κ1) is 20.7. The molecule has 0 saturated heterocycles. The Labute approximate surface area is 148 Å². The number of hydrogen-bond donors (Lipinski definition) is 4. The van der Waals surface area contributed by atoms with Crippen molar-refractivity contribution in [3.8, 4) is 0 Å². The highest BCUT2D eigenvalue weighted by Crippen LogP contribution is 2.07. The van der Waals surface area contributed by atoms with Crippen LogP contribution in [0.2, 0.25) is 0 Å². The summed E-state index contributed by atoms with van der Waals surface area (Å²) in [6, 6.07) is 7.04. The average molecular weight is 352 g/mol. The Morgan fingerprint density at radius 3 is 2.44 bits per heavy atom. The van der Waals surface area contributed by atoms with Crippen molar-refractivity contribution in [2.75, 3.05) is 19.3 Å². The standard InChI is InChI=1S/C17H28N4O4/c1-11(10-20-15(22)25-17(2,3)4)24-16(23)21-14(19-5)12-6-8-13(18)9-7-12/h6-9,11,16,23H,10,18H2,1-5H3,(H,19,21)(H,20,22). The zero-order chi connectivity index (χ0) is 19.0. The summed E-state index contributed by atoms with van der Waals surface area (Å²) in [5.41, 5.74) is 6.48. The summed E-state index contributed by atoms with van der Waals surface area (Å²) in [4.78, 5) is 15.7. The molecule has 0 aliphatic rings. The van der Waals surface area contributed by atoms with Gasteiger partial charge in [0.25, 0.3) is 0 Å². The maximum Gasteiger partial charge on any atom is 0.407 e. The molecular weight excluding hydrogens is 324 g/mol. The molecule has 0 aliphatic heterocycles. The summed E-state index contributed by atoms with van der Waals surface area (Å²) in [7, 11) is 1.60. The van der Waals surface area contributed by atoms with E-state index < -0.39 is 24.2 Å². The largest absolute Gasteiger partial charge is 0.444 e. The van der Waals surface area contributed by atoms with Gasteiger partial charge in [0.05, 0.1) is 6.10 Å². The SMILES string of the molecule is CN=C(NC(O)OC(C)CNC(=O)OC(C)(C)C)c1ccc(N)cc1. The minimum absolute atomic E-state index is 0.189. The van der Waals surface area contributed by atoms with E-state index in [2.05, 4.69) is 15.6 Å². The normalized spacial score (nSPS) is 14.6. The smallest absolute Gasteiger partial charge is 0.407 e. The summed E-state index contributed by atoms with van der Waals surface area (Å²) < 4.78 is 10.5. The van der Waals surface area contributed by atoms with E-state index in [0.717, 1.165) is 5.56 Å². The number of nitrogens with one attached hydrogen (secondary N) is 2. The summed E-state index contributed by atoms with van der Waals surface area (Å²) in [6.07, 6.45) is -2.27. The Bertz CT molecular complexity index is 581. The molecule has 0 aliphatic carbocycles. The summed E-state index contributed by atoms with van der Waals surface area (Å²) in [6.45, 7) is 7.25. The van der Waals surface area contributed by atoms with Crippen molar-refractivity contribution in [1.29, 1.82) is 0 Å². The second-order valence-electron chi connectivity index (χ2n) is 6.52. The monoisotopic (exact) mass is 352 g/mol. The van der Waals surface area contributed by atoms with Crippen LogP contribution in [0.25, 0.3) is 0 Å². The lowest BCUT2D eigenvalue weighted by Crippen LogP contribution is -2.43. The van der Waals surface area contributed by atoms with Crippen LogP contribution in [0.5, 0.6) is 0 Å². The van der Waals surface area contributed by atoms with E-state index in [-0.39, 0.29) is 6.54 Å². The zero-order valence-corrected chi connectivity index (χ0v) is 15.4. The predicted octanol–water partition coefficient (Wildman–Crippen LogP) is 1.44. The molecule has 140 valence electrons. The molecule has 0 fully saturated rings. The molecule has 1 aromatic rings. The fraction of sp³-hybridized carbons (Fsp3) is 0.529. The van der Waals surface area contributed by atoms with E-state index in [1.165, 1.54) is 0 Å². The summed E-state index contributed by atoms with van der Waals surface area (Å²) >= 11 is 0. The first-order valence-corrected chi connectivity index (χ1v) is 8.00. The van der Waals surface area contributed by atoms with Crippen LogP contribution in [0.1, 0.15) is 33.3 Å². The maximum absolute atomic E-state index is 11.6. The second kappa shape index (κ2) is 9.24. The molecule has 0 spiro atoms. The zero-order valence-electron chi connectivity index (χ0n) is 15.4. The molecule has 8 heteroatoms. The molecule has 1 rings (SSSR count). The van der Waals surface area contributed by atoms with E-state index in [9.17, 15) is 9.90 Å². The predicted molar refractivity (Wildman–Crippen MR) is 97.2 cm³/mol. The molecule has 0 aromatic heterocycles. The lowest BCUT2D eigenvalue weighted by atomic mass is 10.2. The molecule has 8 nitrogen and oxygen atoms in total. The van der Waals surface area contributed by atoms with Gasteiger partial charge in [-0.05, 0) is 52.0 Å². The number of ether oxygens (including phenoxy) is 2. The molecule has 0 heterocycles. The van der Waals surface area contributed by atoms with Gasteiger partial charge in [-0.15, -0.1) is 0 Å². The topological polar surface area (TPSA) is 118 Å². The molecule has 25 heavy (non-hydrogen) atoms. The average Bonchev–Trinajstić information content (AvgIpc) is 2.50. The Hall–Kier alpha value is -2.32. The third kappa shape index (κ3) is 8.37. The number of nitrogens with two attached hydrogens (primary N) is 1. The molecule has 2 atom stereocenters. The molecule has 1 aromatic carbocycles. The van der Waals surface area contributed by atoms with Crippen molar-refractivity contribution >= 4 is 17.6 Å². The van der Waals surface area contributed by atoms with Crippen molar-refractivity contribution in [3.05, 3.63) is 29.8 Å². The Morgan fingerprint density at radius 1 is 1.32 bits per heavy atom. The number of amides is 1. The number of rotatable bonds is 6. The fourth-order valence-corrected chi connectivity index (χ4v) is 1.88. The number of nitrogens with zero attached hydrogens (tertiary/aromatic N) is 1. The van der Waals surface area contributed by atoms with Gasteiger partial charge in [-0.25, -0.2) is 4.79 Å². The highest BCUT2D eigenvalue weighted by Gasteiger charge is 2.18. The van der Waals surface area contributed by atoms with Crippen LogP contribution in [0.4, 0.5) is 10.5 Å². The molecule has 0 bridgehead atoms. The molecule has 0 saturated carbocycles. The van der Waals surface area contributed by atoms with Crippen molar-refractivity contribution in [2.24, 2.45) is 4.99 Å². The number of carbonyl (C=O) groups excluding carboxylic acids is 1. The van der Waals surface area contributed by atoms with E-state index in [1.807, 2.05) is 0 Å². The van der Waals surface area contributed by atoms with Gasteiger partial charge in [0.1, 0.15) is 11.4 Å². The quantitative estimate of drug-likeness (QED) is 0.266. The molecule has 2 unspecified atom stereocenters. The number of aliphatic hydroxyl groups is 1. The fourth-order valence-electron chi connectivity index (χ4n) is 1.88. The minimum atomic E-state index is -1.29. The van der Waals surface area contributed by atoms with Gasteiger partial charge in [0, 0.05) is 24.8 Å². The third-order valence-electron chi connectivity index (χ3n) is 2.96. The van der Waals surface area contributed by atoms with Crippen molar-refractivity contribution < 1.29 is 19.4 Å². The van der Waals surface area contributed by atoms with E-state index in [0.29, 0.717) is 11.5 Å². The van der Waals surface area contributed by atoms with Crippen LogP contribution >= 0.6 is 0 Å². The number of nitrogen functional groups attached to an aromatic ring is 1. The van der Waals surface area contributed by atoms with E-state index in [1.54, 1.807) is 59.0 Å². The van der Waals surface area contributed by atoms with Crippen molar-refractivity contribution in [3.63, 3.8) is 0 Å². The maximum atomic E-state index is 11.6. The van der Waals surface area contributed by atoms with E-state index in [4.69, 9.17) is 15.2 Å². The lowest BCUT2D eigenvalue weighted by molar-refractivity contribution is -0.137. The van der Waals surface area contributed by atoms with Crippen LogP contribution in [0, 0.1) is 0 Å². The number of hydrogen-bond acceptors (Lipinski definition) is 6. The minimum Gasteiger partial charge on any atom is -0.444 e. The van der Waals surface area contributed by atoms with Crippen LogP contribution in [-0.4, -0.2) is 48.7 Å². The highest BCUT2D eigenvalue weighted by atomic mass is 16.6. The second-order valence-corrected chi connectivity index (χ2v) is 6.52. The molecule has 1 amide bonds. The molecule has 0 radical (unpaired) electrons. The Morgan fingerprint density at radius 2 is 1.92 bits per heavy atom. The number of benzene rings is 1. The van der Waals surface area contributed by atoms with Gasteiger partial charge in [-0.2, -0.15) is 0 Å². The first-order valence-electron chi connectivity index (χ1n) is 8.00. The van der Waals surface area contributed by atoms with Gasteiger partial charge in [-0.3, -0.25) is 4.99 Å². The number of anilines is 1. The Balaban J connectivity index is 2.45. The number of amidine groups is 1.